The Bertz CT molecular complexity index is 833. The first kappa shape index (κ1) is 11.5. The molecule has 0 aliphatic carbocycles. The summed E-state index contributed by atoms with van der Waals surface area (Å²) in [6, 6.07) is 15.2. The quantitative estimate of drug-likeness (QED) is 0.585. The highest BCUT2D eigenvalue weighted by atomic mass is 15.2. The van der Waals surface area contributed by atoms with E-state index in [-0.39, 0.29) is 0 Å². The lowest BCUT2D eigenvalue weighted by Crippen LogP contribution is -2.19. The minimum Gasteiger partial charge on any atom is -0.291 e. The highest BCUT2D eigenvalue weighted by molar-refractivity contribution is 5.97. The largest absolute Gasteiger partial charge is 0.291 e. The first-order valence-electron chi connectivity index (χ1n) is 6.99. The smallest absolute Gasteiger partial charge is 0.228 e. The van der Waals surface area contributed by atoms with Gasteiger partial charge in [-0.25, -0.2) is 0 Å². The first-order valence-corrected chi connectivity index (χ1v) is 6.99. The predicted octanol–water partition coefficient (Wildman–Crippen LogP) is 3.99. The fourth-order valence-electron chi connectivity index (χ4n) is 3.28. The van der Waals surface area contributed by atoms with E-state index in [0.717, 1.165) is 6.67 Å². The van der Waals surface area contributed by atoms with Gasteiger partial charge in [0.2, 0.25) is 12.4 Å². The maximum Gasteiger partial charge on any atom is 0.228 e. The number of hydrogen-bond donors (Lipinski definition) is 0. The fourth-order valence-corrected chi connectivity index (χ4v) is 3.28. The molecule has 98 valence electrons. The minimum absolute atomic E-state index is 0.881. The molecule has 0 atom stereocenters. The summed E-state index contributed by atoms with van der Waals surface area (Å²) in [6.45, 7) is 5.25. The minimum atomic E-state index is 0.881. The van der Waals surface area contributed by atoms with Crippen molar-refractivity contribution in [2.45, 2.75) is 20.5 Å². The molecule has 20 heavy (non-hydrogen) atoms. The molecule has 0 N–H and O–H groups in total. The predicted molar refractivity (Wildman–Crippen MR) is 82.9 cm³/mol. The summed E-state index contributed by atoms with van der Waals surface area (Å²) >= 11 is 0. The zero-order valence-corrected chi connectivity index (χ0v) is 11.8. The van der Waals surface area contributed by atoms with Crippen LogP contribution in [0.1, 0.15) is 16.7 Å². The van der Waals surface area contributed by atoms with Crippen LogP contribution in [-0.2, 0) is 6.67 Å². The summed E-state index contributed by atoms with van der Waals surface area (Å²) in [5, 5.41) is 1.32. The molecule has 0 saturated heterocycles. The lowest BCUT2D eigenvalue weighted by molar-refractivity contribution is -0.472. The molecule has 0 amide bonds. The van der Waals surface area contributed by atoms with Gasteiger partial charge in [-0.1, -0.05) is 30.3 Å². The summed E-state index contributed by atoms with van der Waals surface area (Å²) < 4.78 is 4.68. The van der Waals surface area contributed by atoms with E-state index in [1.807, 2.05) is 0 Å². The molecule has 3 aromatic rings. The van der Waals surface area contributed by atoms with Crippen molar-refractivity contribution in [1.82, 2.24) is 4.57 Å². The molecule has 2 heterocycles. The van der Waals surface area contributed by atoms with E-state index >= 15 is 0 Å². The average Bonchev–Trinajstić information content (AvgIpc) is 2.84. The summed E-state index contributed by atoms with van der Waals surface area (Å²) in [4.78, 5) is 0. The van der Waals surface area contributed by atoms with Gasteiger partial charge < -0.3 is 0 Å². The van der Waals surface area contributed by atoms with Gasteiger partial charge in [0.15, 0.2) is 6.21 Å². The maximum atomic E-state index is 2.35. The molecule has 2 heteroatoms. The van der Waals surface area contributed by atoms with Crippen LogP contribution in [0.4, 0.5) is 5.69 Å². The Morgan fingerprint density at radius 1 is 0.950 bits per heavy atom. The molecule has 0 radical (unpaired) electrons. The van der Waals surface area contributed by atoms with Crippen molar-refractivity contribution in [2.24, 2.45) is 0 Å². The van der Waals surface area contributed by atoms with Gasteiger partial charge in [-0.3, -0.25) is 4.57 Å². The fraction of sp³-hybridized carbons (Fsp3) is 0.167. The summed E-state index contributed by atoms with van der Waals surface area (Å²) in [7, 11) is 0. The zero-order valence-electron chi connectivity index (χ0n) is 11.8. The molecule has 0 fully saturated rings. The Morgan fingerprint density at radius 2 is 1.70 bits per heavy atom. The first-order chi connectivity index (χ1) is 9.74. The number of benzene rings is 2. The van der Waals surface area contributed by atoms with Crippen LogP contribution >= 0.6 is 0 Å². The molecule has 0 spiro atoms. The molecule has 0 unspecified atom stereocenters. The molecule has 1 aromatic heterocycles. The second-order valence-corrected chi connectivity index (χ2v) is 5.55. The van der Waals surface area contributed by atoms with E-state index in [9.17, 15) is 0 Å². The van der Waals surface area contributed by atoms with Gasteiger partial charge in [0.05, 0.1) is 11.1 Å². The van der Waals surface area contributed by atoms with Gasteiger partial charge in [-0.15, -0.1) is 0 Å². The normalized spacial score (nSPS) is 13.6. The number of hydrogen-bond acceptors (Lipinski definition) is 0. The van der Waals surface area contributed by atoms with Crippen molar-refractivity contribution in [1.29, 1.82) is 0 Å². The Morgan fingerprint density at radius 3 is 2.50 bits per heavy atom. The van der Waals surface area contributed by atoms with Crippen LogP contribution in [0.15, 0.2) is 48.7 Å². The molecule has 4 rings (SSSR count). The van der Waals surface area contributed by atoms with Crippen molar-refractivity contribution >= 4 is 22.8 Å². The second kappa shape index (κ2) is 4.07. The molecule has 0 bridgehead atoms. The van der Waals surface area contributed by atoms with Crippen LogP contribution in [0.5, 0.6) is 0 Å². The Labute approximate surface area is 118 Å². The number of nitrogens with zero attached hydrogens (tertiary/aromatic N) is 2. The van der Waals surface area contributed by atoms with E-state index in [1.54, 1.807) is 0 Å². The number of aromatic nitrogens is 1. The third-order valence-electron chi connectivity index (χ3n) is 4.15. The highest BCUT2D eigenvalue weighted by Gasteiger charge is 2.22. The lowest BCUT2D eigenvalue weighted by atomic mass is 10.1. The van der Waals surface area contributed by atoms with Gasteiger partial charge >= 0.3 is 0 Å². The third-order valence-corrected chi connectivity index (χ3v) is 4.15. The Balaban J connectivity index is 1.97. The van der Waals surface area contributed by atoms with Gasteiger partial charge in [-0.2, -0.15) is 4.58 Å². The average molecular weight is 261 g/mol. The van der Waals surface area contributed by atoms with Gasteiger partial charge in [-0.05, 0) is 26.0 Å². The summed E-state index contributed by atoms with van der Waals surface area (Å²) in [6.07, 6.45) is 4.46. The van der Waals surface area contributed by atoms with Crippen LogP contribution in [0.2, 0.25) is 0 Å². The van der Waals surface area contributed by atoms with E-state index in [0.29, 0.717) is 0 Å². The van der Waals surface area contributed by atoms with Gasteiger partial charge in [0, 0.05) is 22.7 Å². The monoisotopic (exact) mass is 261 g/mol. The number of aryl methyl sites for hydroxylation is 2. The lowest BCUT2D eigenvalue weighted by Gasteiger charge is -2.15. The number of rotatable bonds is 1. The third kappa shape index (κ3) is 1.54. The van der Waals surface area contributed by atoms with Crippen molar-refractivity contribution in [2.75, 3.05) is 0 Å². The molecule has 2 aromatic carbocycles. The van der Waals surface area contributed by atoms with E-state index in [4.69, 9.17) is 0 Å². The SMILES string of the molecule is Cc1cccc(C)c1[N+]1=Cc2cccc3ccn(c23)C1. The molecular formula is C18H17N2+. The van der Waals surface area contributed by atoms with Crippen LogP contribution in [0.25, 0.3) is 10.9 Å². The van der Waals surface area contributed by atoms with Crippen LogP contribution in [0, 0.1) is 13.8 Å². The van der Waals surface area contributed by atoms with Gasteiger partial charge in [0.1, 0.15) is 0 Å². The molecular weight excluding hydrogens is 244 g/mol. The molecule has 2 nitrogen and oxygen atoms in total. The molecule has 1 aliphatic rings. The second-order valence-electron chi connectivity index (χ2n) is 5.55. The Hall–Kier alpha value is -2.35. The topological polar surface area (TPSA) is 7.94 Å². The summed E-state index contributed by atoms with van der Waals surface area (Å²) in [5.74, 6) is 0. The van der Waals surface area contributed by atoms with Crippen LogP contribution < -0.4 is 0 Å². The van der Waals surface area contributed by atoms with Crippen molar-refractivity contribution < 1.29 is 4.58 Å². The highest BCUT2D eigenvalue weighted by Crippen LogP contribution is 2.28. The van der Waals surface area contributed by atoms with E-state index < -0.39 is 0 Å². The molecule has 0 saturated carbocycles. The van der Waals surface area contributed by atoms with E-state index in [2.05, 4.69) is 77.9 Å². The van der Waals surface area contributed by atoms with Crippen molar-refractivity contribution in [3.05, 3.63) is 65.4 Å². The van der Waals surface area contributed by atoms with Crippen molar-refractivity contribution in [3.63, 3.8) is 0 Å². The van der Waals surface area contributed by atoms with Gasteiger partial charge in [0.25, 0.3) is 0 Å². The summed E-state index contributed by atoms with van der Waals surface area (Å²) in [5.41, 5.74) is 6.60. The number of para-hydroxylation sites is 2. The zero-order chi connectivity index (χ0) is 13.7. The van der Waals surface area contributed by atoms with Crippen LogP contribution in [0.3, 0.4) is 0 Å². The standard InChI is InChI=1S/C18H17N2/c1-13-5-3-6-14(2)17(13)20-11-16-8-4-7-15-9-10-19(12-20)18(15)16/h3-11H,12H2,1-2H3/q+1. The van der Waals surface area contributed by atoms with Crippen molar-refractivity contribution in [3.8, 4) is 0 Å². The Kier molecular flexibility index (Phi) is 2.34. The van der Waals surface area contributed by atoms with Crippen LogP contribution in [-0.4, -0.2) is 15.4 Å². The molecule has 1 aliphatic heterocycles. The maximum absolute atomic E-state index is 2.35. The van der Waals surface area contributed by atoms with E-state index in [1.165, 1.54) is 33.3 Å².